The van der Waals surface area contributed by atoms with Crippen LogP contribution in [0.4, 0.5) is 13.2 Å². The molecule has 0 saturated heterocycles. The second-order valence-electron chi connectivity index (χ2n) is 3.92. The standard InChI is InChI=1S/C13H10ClF3N2S/c14-9-2-1-3-10(6-9)20-12-8(7-18)4-5-11(19-12)13(15,16)17/h1-6H,7,18H2. The van der Waals surface area contributed by atoms with Crippen LogP contribution in [0, 0.1) is 0 Å². The maximum absolute atomic E-state index is 12.7. The lowest BCUT2D eigenvalue weighted by Crippen LogP contribution is -2.10. The van der Waals surface area contributed by atoms with Crippen molar-refractivity contribution in [2.24, 2.45) is 5.73 Å². The van der Waals surface area contributed by atoms with E-state index in [1.165, 1.54) is 6.07 Å². The molecule has 0 aliphatic heterocycles. The summed E-state index contributed by atoms with van der Waals surface area (Å²) in [6, 6.07) is 9.11. The molecular formula is C13H10ClF3N2S. The van der Waals surface area contributed by atoms with Gasteiger partial charge >= 0.3 is 6.18 Å². The summed E-state index contributed by atoms with van der Waals surface area (Å²) in [4.78, 5) is 4.36. The van der Waals surface area contributed by atoms with Crippen LogP contribution in [0.2, 0.25) is 5.02 Å². The largest absolute Gasteiger partial charge is 0.433 e. The number of nitrogens with two attached hydrogens (primary N) is 1. The molecular weight excluding hydrogens is 309 g/mol. The Labute approximate surface area is 123 Å². The smallest absolute Gasteiger partial charge is 0.326 e. The minimum absolute atomic E-state index is 0.119. The maximum Gasteiger partial charge on any atom is 0.433 e. The van der Waals surface area contributed by atoms with E-state index in [1.54, 1.807) is 24.3 Å². The van der Waals surface area contributed by atoms with Crippen molar-refractivity contribution in [3.63, 3.8) is 0 Å². The third-order valence-electron chi connectivity index (χ3n) is 2.46. The molecule has 2 rings (SSSR count). The number of nitrogens with zero attached hydrogens (tertiary/aromatic N) is 1. The second-order valence-corrected chi connectivity index (χ2v) is 5.42. The number of aromatic nitrogens is 1. The summed E-state index contributed by atoms with van der Waals surface area (Å²) in [5.74, 6) is 0. The van der Waals surface area contributed by atoms with Crippen LogP contribution in [0.15, 0.2) is 46.3 Å². The van der Waals surface area contributed by atoms with Crippen LogP contribution in [-0.4, -0.2) is 4.98 Å². The molecule has 0 aliphatic rings. The topological polar surface area (TPSA) is 38.9 Å². The molecule has 0 saturated carbocycles. The Bertz CT molecular complexity index is 617. The van der Waals surface area contributed by atoms with Crippen LogP contribution in [0.3, 0.4) is 0 Å². The van der Waals surface area contributed by atoms with Gasteiger partial charge in [-0.1, -0.05) is 35.5 Å². The van der Waals surface area contributed by atoms with E-state index in [1.807, 2.05) is 0 Å². The first kappa shape index (κ1) is 15.2. The molecule has 0 bridgehead atoms. The van der Waals surface area contributed by atoms with Gasteiger partial charge in [-0.25, -0.2) is 4.98 Å². The fourth-order valence-electron chi connectivity index (χ4n) is 1.51. The maximum atomic E-state index is 12.7. The molecule has 0 unspecified atom stereocenters. The van der Waals surface area contributed by atoms with E-state index < -0.39 is 11.9 Å². The lowest BCUT2D eigenvalue weighted by atomic mass is 10.2. The average molecular weight is 319 g/mol. The van der Waals surface area contributed by atoms with E-state index in [0.29, 0.717) is 15.5 Å². The molecule has 1 aromatic carbocycles. The highest BCUT2D eigenvalue weighted by atomic mass is 35.5. The Kier molecular flexibility index (Phi) is 4.57. The summed E-state index contributed by atoms with van der Waals surface area (Å²) >= 11 is 6.96. The number of pyridine rings is 1. The lowest BCUT2D eigenvalue weighted by molar-refractivity contribution is -0.141. The van der Waals surface area contributed by atoms with Crippen molar-refractivity contribution in [3.05, 3.63) is 52.7 Å². The molecule has 1 aromatic heterocycles. The highest BCUT2D eigenvalue weighted by Gasteiger charge is 2.33. The number of hydrogen-bond donors (Lipinski definition) is 1. The third-order valence-corrected chi connectivity index (χ3v) is 3.73. The van der Waals surface area contributed by atoms with Gasteiger partial charge in [-0.15, -0.1) is 0 Å². The Morgan fingerprint density at radius 3 is 2.55 bits per heavy atom. The SMILES string of the molecule is NCc1ccc(C(F)(F)F)nc1Sc1cccc(Cl)c1. The summed E-state index contributed by atoms with van der Waals surface area (Å²) in [5, 5.41) is 0.751. The predicted octanol–water partition coefficient (Wildman–Crippen LogP) is 4.36. The first-order valence-electron chi connectivity index (χ1n) is 5.61. The van der Waals surface area contributed by atoms with E-state index in [-0.39, 0.29) is 11.6 Å². The van der Waals surface area contributed by atoms with Crippen molar-refractivity contribution in [1.82, 2.24) is 4.98 Å². The van der Waals surface area contributed by atoms with Gasteiger partial charge in [0.1, 0.15) is 10.7 Å². The van der Waals surface area contributed by atoms with Crippen molar-refractivity contribution in [3.8, 4) is 0 Å². The number of benzene rings is 1. The fraction of sp³-hybridized carbons (Fsp3) is 0.154. The van der Waals surface area contributed by atoms with E-state index in [0.717, 1.165) is 17.8 Å². The second kappa shape index (κ2) is 6.03. The van der Waals surface area contributed by atoms with Gasteiger partial charge in [-0.3, -0.25) is 0 Å². The van der Waals surface area contributed by atoms with Crippen molar-refractivity contribution < 1.29 is 13.2 Å². The zero-order valence-electron chi connectivity index (χ0n) is 10.1. The molecule has 106 valence electrons. The number of halogens is 4. The quantitative estimate of drug-likeness (QED) is 0.913. The molecule has 0 amide bonds. The lowest BCUT2D eigenvalue weighted by Gasteiger charge is -2.11. The van der Waals surface area contributed by atoms with Crippen LogP contribution < -0.4 is 5.73 Å². The first-order chi connectivity index (χ1) is 9.40. The molecule has 0 fully saturated rings. The van der Waals surface area contributed by atoms with Crippen molar-refractivity contribution in [1.29, 1.82) is 0 Å². The van der Waals surface area contributed by atoms with E-state index in [4.69, 9.17) is 17.3 Å². The zero-order valence-corrected chi connectivity index (χ0v) is 11.7. The molecule has 1 heterocycles. The highest BCUT2D eigenvalue weighted by molar-refractivity contribution is 7.99. The Balaban J connectivity index is 2.38. The van der Waals surface area contributed by atoms with Gasteiger partial charge in [0.2, 0.25) is 0 Å². The van der Waals surface area contributed by atoms with Crippen LogP contribution in [-0.2, 0) is 12.7 Å². The predicted molar refractivity (Wildman–Crippen MR) is 72.7 cm³/mol. The van der Waals surface area contributed by atoms with Crippen LogP contribution in [0.5, 0.6) is 0 Å². The van der Waals surface area contributed by atoms with E-state index >= 15 is 0 Å². The normalized spacial score (nSPS) is 11.7. The molecule has 2 nitrogen and oxygen atoms in total. The van der Waals surface area contributed by atoms with Crippen molar-refractivity contribution in [2.75, 3.05) is 0 Å². The number of alkyl halides is 3. The summed E-state index contributed by atoms with van der Waals surface area (Å²) in [5.41, 5.74) is 5.16. The van der Waals surface area contributed by atoms with Gasteiger partial charge < -0.3 is 5.73 Å². The molecule has 2 N–H and O–H groups in total. The zero-order chi connectivity index (χ0) is 14.8. The first-order valence-corrected chi connectivity index (χ1v) is 6.80. The molecule has 0 atom stereocenters. The van der Waals surface area contributed by atoms with Crippen LogP contribution >= 0.6 is 23.4 Å². The molecule has 2 aromatic rings. The number of hydrogen-bond acceptors (Lipinski definition) is 3. The molecule has 0 spiro atoms. The minimum Gasteiger partial charge on any atom is -0.326 e. The summed E-state index contributed by atoms with van der Waals surface area (Å²) in [6.45, 7) is 0.119. The summed E-state index contributed by atoms with van der Waals surface area (Å²) < 4.78 is 38.0. The minimum atomic E-state index is -4.48. The highest BCUT2D eigenvalue weighted by Crippen LogP contribution is 2.34. The molecule has 7 heteroatoms. The van der Waals surface area contributed by atoms with Gasteiger partial charge in [0, 0.05) is 16.5 Å². The average Bonchev–Trinajstić information content (AvgIpc) is 2.37. The van der Waals surface area contributed by atoms with Crippen molar-refractivity contribution in [2.45, 2.75) is 22.6 Å². The Hall–Kier alpha value is -1.24. The number of rotatable bonds is 3. The van der Waals surface area contributed by atoms with Crippen LogP contribution in [0.25, 0.3) is 0 Å². The van der Waals surface area contributed by atoms with Crippen LogP contribution in [0.1, 0.15) is 11.3 Å². The van der Waals surface area contributed by atoms with Gasteiger partial charge in [-0.05, 0) is 29.8 Å². The third kappa shape index (κ3) is 3.65. The van der Waals surface area contributed by atoms with E-state index in [2.05, 4.69) is 4.98 Å². The van der Waals surface area contributed by atoms with Crippen molar-refractivity contribution >= 4 is 23.4 Å². The Morgan fingerprint density at radius 1 is 1.20 bits per heavy atom. The Morgan fingerprint density at radius 2 is 1.95 bits per heavy atom. The molecule has 0 aliphatic carbocycles. The molecule has 20 heavy (non-hydrogen) atoms. The molecule has 0 radical (unpaired) electrons. The van der Waals surface area contributed by atoms with Gasteiger partial charge in [-0.2, -0.15) is 13.2 Å². The summed E-state index contributed by atoms with van der Waals surface area (Å²) in [6.07, 6.45) is -4.48. The van der Waals surface area contributed by atoms with Gasteiger partial charge in [0.15, 0.2) is 0 Å². The van der Waals surface area contributed by atoms with E-state index in [9.17, 15) is 13.2 Å². The van der Waals surface area contributed by atoms with Gasteiger partial charge in [0.25, 0.3) is 0 Å². The monoisotopic (exact) mass is 318 g/mol. The van der Waals surface area contributed by atoms with Gasteiger partial charge in [0.05, 0.1) is 0 Å². The fourth-order valence-corrected chi connectivity index (χ4v) is 2.75. The summed E-state index contributed by atoms with van der Waals surface area (Å²) in [7, 11) is 0.